The van der Waals surface area contributed by atoms with E-state index in [4.69, 9.17) is 16.7 Å². The van der Waals surface area contributed by atoms with Gasteiger partial charge in [-0.15, -0.1) is 0 Å². The van der Waals surface area contributed by atoms with Crippen molar-refractivity contribution >= 4 is 33.2 Å². The third-order valence-corrected chi connectivity index (χ3v) is 4.39. The van der Waals surface area contributed by atoms with Crippen LogP contribution in [-0.2, 0) is 10.2 Å². The van der Waals surface area contributed by atoms with Gasteiger partial charge in [-0.2, -0.15) is 12.7 Å². The van der Waals surface area contributed by atoms with Gasteiger partial charge in [-0.25, -0.2) is 5.14 Å². The van der Waals surface area contributed by atoms with Gasteiger partial charge in [-0.05, 0) is 12.1 Å². The summed E-state index contributed by atoms with van der Waals surface area (Å²) < 4.78 is 23.6. The lowest BCUT2D eigenvalue weighted by atomic mass is 10.2. The SMILES string of the molecule is NS(=O)(=O)N1CCN(c2ccc(Cl)cc2[N+](=O)[O-])CC1. The Balaban J connectivity index is 2.21. The van der Waals surface area contributed by atoms with Gasteiger partial charge in [0.25, 0.3) is 15.9 Å². The molecule has 1 aromatic carbocycles. The van der Waals surface area contributed by atoms with Crippen LogP contribution in [0.5, 0.6) is 0 Å². The maximum atomic E-state index is 11.2. The van der Waals surface area contributed by atoms with Crippen molar-refractivity contribution in [3.05, 3.63) is 33.3 Å². The molecule has 1 aliphatic rings. The molecule has 0 atom stereocenters. The van der Waals surface area contributed by atoms with Crippen molar-refractivity contribution in [2.75, 3.05) is 31.1 Å². The van der Waals surface area contributed by atoms with Gasteiger partial charge < -0.3 is 4.90 Å². The van der Waals surface area contributed by atoms with Crippen molar-refractivity contribution in [2.45, 2.75) is 0 Å². The van der Waals surface area contributed by atoms with Crippen LogP contribution < -0.4 is 10.0 Å². The lowest BCUT2D eigenvalue weighted by molar-refractivity contribution is -0.384. The number of hydrogen-bond acceptors (Lipinski definition) is 5. The number of piperazine rings is 1. The summed E-state index contributed by atoms with van der Waals surface area (Å²) in [6.45, 7) is 1.05. The summed E-state index contributed by atoms with van der Waals surface area (Å²) in [4.78, 5) is 12.3. The van der Waals surface area contributed by atoms with Crippen LogP contribution in [0.3, 0.4) is 0 Å². The summed E-state index contributed by atoms with van der Waals surface area (Å²) in [5.74, 6) is 0. The molecule has 0 unspecified atom stereocenters. The molecule has 10 heteroatoms. The summed E-state index contributed by atoms with van der Waals surface area (Å²) in [7, 11) is -3.71. The standard InChI is InChI=1S/C10H13ClN4O4S/c11-8-1-2-9(10(7-8)15(16)17)13-3-5-14(6-4-13)20(12,18)19/h1-2,7H,3-6H2,(H2,12,18,19). The fourth-order valence-corrected chi connectivity index (χ4v) is 2.93. The molecule has 8 nitrogen and oxygen atoms in total. The highest BCUT2D eigenvalue weighted by atomic mass is 35.5. The highest BCUT2D eigenvalue weighted by Gasteiger charge is 2.27. The van der Waals surface area contributed by atoms with E-state index in [0.29, 0.717) is 18.8 Å². The van der Waals surface area contributed by atoms with Gasteiger partial charge >= 0.3 is 0 Å². The molecule has 0 amide bonds. The van der Waals surface area contributed by atoms with E-state index in [-0.39, 0.29) is 23.8 Å². The van der Waals surface area contributed by atoms with Crippen molar-refractivity contribution < 1.29 is 13.3 Å². The smallest absolute Gasteiger partial charge is 0.294 e. The molecule has 0 spiro atoms. The lowest BCUT2D eigenvalue weighted by Crippen LogP contribution is -2.50. The second-order valence-electron chi connectivity index (χ2n) is 4.32. The first-order valence-electron chi connectivity index (χ1n) is 5.76. The average molecular weight is 321 g/mol. The van der Waals surface area contributed by atoms with Crippen molar-refractivity contribution in [2.24, 2.45) is 5.14 Å². The molecule has 20 heavy (non-hydrogen) atoms. The summed E-state index contributed by atoms with van der Waals surface area (Å²) in [6.07, 6.45) is 0. The Morgan fingerprint density at radius 3 is 2.35 bits per heavy atom. The van der Waals surface area contributed by atoms with E-state index in [1.165, 1.54) is 6.07 Å². The van der Waals surface area contributed by atoms with Crippen LogP contribution in [-0.4, -0.2) is 43.8 Å². The van der Waals surface area contributed by atoms with Crippen LogP contribution in [0.1, 0.15) is 0 Å². The fourth-order valence-electron chi connectivity index (χ4n) is 2.09. The second kappa shape index (κ2) is 5.52. The topological polar surface area (TPSA) is 110 Å². The Labute approximate surface area is 121 Å². The van der Waals surface area contributed by atoms with Crippen LogP contribution in [0.15, 0.2) is 18.2 Å². The highest BCUT2D eigenvalue weighted by Crippen LogP contribution is 2.31. The predicted molar refractivity (Wildman–Crippen MR) is 75.0 cm³/mol. The highest BCUT2D eigenvalue weighted by molar-refractivity contribution is 7.86. The van der Waals surface area contributed by atoms with Gasteiger partial charge in [0, 0.05) is 37.3 Å². The number of nitro groups is 1. The molecule has 1 saturated heterocycles. The number of nitrogens with zero attached hydrogens (tertiary/aromatic N) is 3. The number of nitrogens with two attached hydrogens (primary N) is 1. The number of nitro benzene ring substituents is 1. The molecule has 0 saturated carbocycles. The molecule has 0 aromatic heterocycles. The summed E-state index contributed by atoms with van der Waals surface area (Å²) in [6, 6.07) is 4.41. The third-order valence-electron chi connectivity index (χ3n) is 3.07. The molecule has 2 N–H and O–H groups in total. The largest absolute Gasteiger partial charge is 0.363 e. The first-order valence-corrected chi connectivity index (χ1v) is 7.64. The zero-order valence-electron chi connectivity index (χ0n) is 10.4. The van der Waals surface area contributed by atoms with E-state index in [0.717, 1.165) is 4.31 Å². The van der Waals surface area contributed by atoms with Crippen LogP contribution in [0.2, 0.25) is 5.02 Å². The van der Waals surface area contributed by atoms with Gasteiger partial charge in [-0.1, -0.05) is 11.6 Å². The molecular weight excluding hydrogens is 308 g/mol. The third kappa shape index (κ3) is 3.18. The average Bonchev–Trinajstić information content (AvgIpc) is 2.37. The van der Waals surface area contributed by atoms with Crippen LogP contribution in [0.25, 0.3) is 0 Å². The van der Waals surface area contributed by atoms with Crippen molar-refractivity contribution in [1.29, 1.82) is 0 Å². The molecule has 110 valence electrons. The van der Waals surface area contributed by atoms with E-state index < -0.39 is 15.1 Å². The van der Waals surface area contributed by atoms with Crippen molar-refractivity contribution in [3.8, 4) is 0 Å². The van der Waals surface area contributed by atoms with E-state index >= 15 is 0 Å². The molecular formula is C10H13ClN4O4S. The van der Waals surface area contributed by atoms with Crippen molar-refractivity contribution in [3.63, 3.8) is 0 Å². The normalized spacial score (nSPS) is 17.2. The molecule has 0 aliphatic carbocycles. The zero-order valence-corrected chi connectivity index (χ0v) is 12.0. The van der Waals surface area contributed by atoms with Crippen LogP contribution >= 0.6 is 11.6 Å². The lowest BCUT2D eigenvalue weighted by Gasteiger charge is -2.34. The molecule has 2 rings (SSSR count). The summed E-state index contributed by atoms with van der Waals surface area (Å²) in [5, 5.41) is 16.4. The zero-order chi connectivity index (χ0) is 14.9. The van der Waals surface area contributed by atoms with E-state index in [1.807, 2.05) is 0 Å². The van der Waals surface area contributed by atoms with E-state index in [2.05, 4.69) is 0 Å². The molecule has 0 radical (unpaired) electrons. The molecule has 1 heterocycles. The van der Waals surface area contributed by atoms with E-state index in [9.17, 15) is 18.5 Å². The Morgan fingerprint density at radius 1 is 1.25 bits per heavy atom. The second-order valence-corrected chi connectivity index (χ2v) is 6.30. The Hall–Kier alpha value is -1.42. The number of hydrogen-bond donors (Lipinski definition) is 1. The van der Waals surface area contributed by atoms with Gasteiger partial charge in [0.05, 0.1) is 4.92 Å². The number of halogens is 1. The Bertz CT molecular complexity index is 628. The minimum atomic E-state index is -3.71. The first kappa shape index (κ1) is 15.0. The van der Waals surface area contributed by atoms with E-state index in [1.54, 1.807) is 17.0 Å². The summed E-state index contributed by atoms with van der Waals surface area (Å²) in [5.41, 5.74) is 0.329. The molecule has 1 fully saturated rings. The number of benzene rings is 1. The maximum absolute atomic E-state index is 11.2. The van der Waals surface area contributed by atoms with Crippen molar-refractivity contribution in [1.82, 2.24) is 4.31 Å². The molecule has 0 bridgehead atoms. The molecule has 1 aliphatic heterocycles. The Kier molecular flexibility index (Phi) is 4.14. The van der Waals surface area contributed by atoms with Gasteiger partial charge in [0.15, 0.2) is 0 Å². The minimum Gasteiger partial charge on any atom is -0.363 e. The quantitative estimate of drug-likeness (QED) is 0.647. The Morgan fingerprint density at radius 2 is 1.85 bits per heavy atom. The monoisotopic (exact) mass is 320 g/mol. The summed E-state index contributed by atoms with van der Waals surface area (Å²) >= 11 is 5.76. The van der Waals surface area contributed by atoms with Gasteiger partial charge in [-0.3, -0.25) is 10.1 Å². The predicted octanol–water partition coefficient (Wildman–Crippen LogP) is 0.574. The van der Waals surface area contributed by atoms with Gasteiger partial charge in [0.1, 0.15) is 5.69 Å². The maximum Gasteiger partial charge on any atom is 0.294 e. The fraction of sp³-hybridized carbons (Fsp3) is 0.400. The van der Waals surface area contributed by atoms with Crippen LogP contribution in [0.4, 0.5) is 11.4 Å². The number of rotatable bonds is 3. The number of anilines is 1. The van der Waals surface area contributed by atoms with Crippen LogP contribution in [0, 0.1) is 10.1 Å². The van der Waals surface area contributed by atoms with Gasteiger partial charge in [0.2, 0.25) is 0 Å². The minimum absolute atomic E-state index is 0.0958. The first-order chi connectivity index (χ1) is 9.29. The molecule has 1 aromatic rings.